The highest BCUT2D eigenvalue weighted by atomic mass is 35.5. The number of aryl methyl sites for hydroxylation is 1. The van der Waals surface area contributed by atoms with Gasteiger partial charge >= 0.3 is 0 Å². The van der Waals surface area contributed by atoms with Crippen LogP contribution in [-0.4, -0.2) is 46.0 Å². The van der Waals surface area contributed by atoms with Gasteiger partial charge in [-0.25, -0.2) is 13.1 Å². The lowest BCUT2D eigenvalue weighted by Gasteiger charge is -2.32. The predicted molar refractivity (Wildman–Crippen MR) is 122 cm³/mol. The molecule has 0 bridgehead atoms. The number of rotatable bonds is 9. The van der Waals surface area contributed by atoms with Gasteiger partial charge in [-0.05, 0) is 67.5 Å². The number of nitrogens with zero attached hydrogens (tertiary/aromatic N) is 1. The van der Waals surface area contributed by atoms with Gasteiger partial charge in [-0.3, -0.25) is 4.79 Å². The van der Waals surface area contributed by atoms with Crippen molar-refractivity contribution in [2.75, 3.05) is 26.7 Å². The number of benzene rings is 2. The van der Waals surface area contributed by atoms with E-state index >= 15 is 0 Å². The summed E-state index contributed by atoms with van der Waals surface area (Å²) in [5, 5.41) is 0.355. The van der Waals surface area contributed by atoms with Crippen LogP contribution in [0.2, 0.25) is 5.02 Å². The third-order valence-corrected chi connectivity index (χ3v) is 7.40. The molecule has 1 heterocycles. The summed E-state index contributed by atoms with van der Waals surface area (Å²) in [6, 6.07) is 14.2. The summed E-state index contributed by atoms with van der Waals surface area (Å²) in [4.78, 5) is 14.4. The lowest BCUT2D eigenvalue weighted by molar-refractivity contribution is -0.132. The van der Waals surface area contributed by atoms with Gasteiger partial charge in [0.25, 0.3) is 0 Å². The maximum absolute atomic E-state index is 12.5. The first-order valence-electron chi connectivity index (χ1n) is 10.5. The van der Waals surface area contributed by atoms with E-state index in [-0.39, 0.29) is 23.8 Å². The molecule has 1 N–H and O–H groups in total. The van der Waals surface area contributed by atoms with Crippen molar-refractivity contribution < 1.29 is 17.9 Å². The molecule has 2 aromatic rings. The zero-order chi connectivity index (χ0) is 22.3. The van der Waals surface area contributed by atoms with E-state index in [1.54, 1.807) is 19.2 Å². The van der Waals surface area contributed by atoms with E-state index in [9.17, 15) is 13.2 Å². The van der Waals surface area contributed by atoms with Crippen LogP contribution < -0.4 is 9.46 Å². The first-order chi connectivity index (χ1) is 14.9. The van der Waals surface area contributed by atoms with Crippen LogP contribution >= 0.6 is 11.6 Å². The Morgan fingerprint density at radius 3 is 2.52 bits per heavy atom. The fraction of sp³-hybridized carbons (Fsp3) is 0.435. The molecule has 2 aromatic carbocycles. The molecular weight excluding hydrogens is 436 g/mol. The second kappa shape index (κ2) is 11.0. The van der Waals surface area contributed by atoms with Crippen molar-refractivity contribution in [1.82, 2.24) is 9.62 Å². The lowest BCUT2D eigenvalue weighted by Crippen LogP contribution is -2.40. The zero-order valence-corrected chi connectivity index (χ0v) is 19.3. The van der Waals surface area contributed by atoms with Gasteiger partial charge in [0, 0.05) is 31.1 Å². The topological polar surface area (TPSA) is 75.7 Å². The minimum Gasteiger partial charge on any atom is -0.497 e. The van der Waals surface area contributed by atoms with Gasteiger partial charge < -0.3 is 9.64 Å². The molecule has 0 spiro atoms. The smallest absolute Gasteiger partial charge is 0.240 e. The van der Waals surface area contributed by atoms with Gasteiger partial charge in [0.1, 0.15) is 5.75 Å². The number of likely N-dealkylation sites (tertiary alicyclic amines) is 1. The SMILES string of the molecule is COc1ccc(CCC2CCN(C(=O)CCNS(=O)(=O)c3cccc(Cl)c3)CC2)cc1. The third kappa shape index (κ3) is 6.95. The number of ether oxygens (including phenoxy) is 1. The number of nitrogens with one attached hydrogen (secondary N) is 1. The fourth-order valence-corrected chi connectivity index (χ4v) is 5.13. The van der Waals surface area contributed by atoms with Gasteiger partial charge in [-0.15, -0.1) is 0 Å². The standard InChI is InChI=1S/C23H29ClN2O4S/c1-30-21-9-7-18(8-10-21)5-6-19-12-15-26(16-13-19)23(27)11-14-25-31(28,29)22-4-2-3-20(24)17-22/h2-4,7-10,17,19,25H,5-6,11-16H2,1H3. The Hall–Kier alpha value is -2.09. The number of hydrogen-bond donors (Lipinski definition) is 1. The highest BCUT2D eigenvalue weighted by Gasteiger charge is 2.23. The number of piperidine rings is 1. The predicted octanol–water partition coefficient (Wildman–Crippen LogP) is 3.89. The van der Waals surface area contributed by atoms with Crippen molar-refractivity contribution in [1.29, 1.82) is 0 Å². The average Bonchev–Trinajstić information content (AvgIpc) is 2.78. The lowest BCUT2D eigenvalue weighted by atomic mass is 9.90. The number of amides is 1. The minimum absolute atomic E-state index is 0.0117. The third-order valence-electron chi connectivity index (χ3n) is 5.70. The molecule has 1 aliphatic heterocycles. The average molecular weight is 465 g/mol. The molecule has 8 heteroatoms. The molecule has 3 rings (SSSR count). The Labute approximate surface area is 189 Å². The molecule has 0 saturated carbocycles. The molecule has 0 aromatic heterocycles. The molecule has 0 radical (unpaired) electrons. The van der Waals surface area contributed by atoms with E-state index in [1.165, 1.54) is 17.7 Å². The van der Waals surface area contributed by atoms with Crippen LogP contribution in [0.4, 0.5) is 0 Å². The molecule has 0 unspecified atom stereocenters. The largest absolute Gasteiger partial charge is 0.497 e. The summed E-state index contributed by atoms with van der Waals surface area (Å²) in [6.07, 6.45) is 4.24. The van der Waals surface area contributed by atoms with Crippen LogP contribution in [0.3, 0.4) is 0 Å². The summed E-state index contributed by atoms with van der Waals surface area (Å²) >= 11 is 5.86. The summed E-state index contributed by atoms with van der Waals surface area (Å²) < 4.78 is 32.3. The normalized spacial score (nSPS) is 15.1. The van der Waals surface area contributed by atoms with Crippen molar-refractivity contribution in [2.24, 2.45) is 5.92 Å². The second-order valence-electron chi connectivity index (χ2n) is 7.82. The molecule has 0 aliphatic carbocycles. The quantitative estimate of drug-likeness (QED) is 0.610. The number of halogens is 1. The van der Waals surface area contributed by atoms with Gasteiger partial charge in [0.15, 0.2) is 0 Å². The molecule has 31 heavy (non-hydrogen) atoms. The number of sulfonamides is 1. The summed E-state index contributed by atoms with van der Waals surface area (Å²) in [5.74, 6) is 1.46. The first-order valence-corrected chi connectivity index (χ1v) is 12.4. The second-order valence-corrected chi connectivity index (χ2v) is 10.0. The van der Waals surface area contributed by atoms with Gasteiger partial charge in [0.05, 0.1) is 12.0 Å². The summed E-state index contributed by atoms with van der Waals surface area (Å²) in [6.45, 7) is 1.53. The van der Waals surface area contributed by atoms with E-state index < -0.39 is 10.0 Å². The Balaban J connectivity index is 1.37. The van der Waals surface area contributed by atoms with Crippen molar-refractivity contribution in [2.45, 2.75) is 37.0 Å². The molecule has 1 saturated heterocycles. The molecule has 0 atom stereocenters. The van der Waals surface area contributed by atoms with E-state index in [4.69, 9.17) is 16.3 Å². The van der Waals surface area contributed by atoms with Crippen molar-refractivity contribution >= 4 is 27.5 Å². The molecule has 1 fully saturated rings. The van der Waals surface area contributed by atoms with Crippen molar-refractivity contribution in [3.63, 3.8) is 0 Å². The van der Waals surface area contributed by atoms with E-state index in [0.29, 0.717) is 10.9 Å². The monoisotopic (exact) mass is 464 g/mol. The molecule has 1 amide bonds. The Bertz CT molecular complexity index is 971. The van der Waals surface area contributed by atoms with Crippen LogP contribution in [0.1, 0.15) is 31.2 Å². The fourth-order valence-electron chi connectivity index (χ4n) is 3.80. The maximum atomic E-state index is 12.5. The van der Waals surface area contributed by atoms with Crippen molar-refractivity contribution in [3.8, 4) is 5.75 Å². The van der Waals surface area contributed by atoms with Gasteiger partial charge in [0.2, 0.25) is 15.9 Å². The number of hydrogen-bond acceptors (Lipinski definition) is 4. The summed E-state index contributed by atoms with van der Waals surface area (Å²) in [5.41, 5.74) is 1.30. The molecular formula is C23H29ClN2O4S. The van der Waals surface area contributed by atoms with Crippen LogP contribution in [0.15, 0.2) is 53.4 Å². The number of carbonyl (C=O) groups excluding carboxylic acids is 1. The van der Waals surface area contributed by atoms with Gasteiger partial charge in [-0.2, -0.15) is 0 Å². The summed E-state index contributed by atoms with van der Waals surface area (Å²) in [7, 11) is -2.00. The maximum Gasteiger partial charge on any atom is 0.240 e. The minimum atomic E-state index is -3.67. The first kappa shape index (κ1) is 23.6. The highest BCUT2D eigenvalue weighted by molar-refractivity contribution is 7.89. The number of methoxy groups -OCH3 is 1. The Morgan fingerprint density at radius 2 is 1.87 bits per heavy atom. The zero-order valence-electron chi connectivity index (χ0n) is 17.7. The molecule has 1 aliphatic rings. The van der Waals surface area contributed by atoms with E-state index in [1.807, 2.05) is 17.0 Å². The number of carbonyl (C=O) groups is 1. The van der Waals surface area contributed by atoms with E-state index in [0.717, 1.165) is 44.5 Å². The van der Waals surface area contributed by atoms with Crippen LogP contribution in [0.25, 0.3) is 0 Å². The Morgan fingerprint density at radius 1 is 1.16 bits per heavy atom. The van der Waals surface area contributed by atoms with E-state index in [2.05, 4.69) is 16.9 Å². The van der Waals surface area contributed by atoms with Gasteiger partial charge in [-0.1, -0.05) is 29.8 Å². The van der Waals surface area contributed by atoms with Crippen LogP contribution in [-0.2, 0) is 21.2 Å². The molecule has 168 valence electrons. The highest BCUT2D eigenvalue weighted by Crippen LogP contribution is 2.23. The van der Waals surface area contributed by atoms with Crippen molar-refractivity contribution in [3.05, 3.63) is 59.1 Å². The van der Waals surface area contributed by atoms with Crippen LogP contribution in [0.5, 0.6) is 5.75 Å². The Kier molecular flexibility index (Phi) is 8.35. The van der Waals surface area contributed by atoms with Crippen LogP contribution in [0, 0.1) is 5.92 Å². The molecule has 6 nitrogen and oxygen atoms in total.